The van der Waals surface area contributed by atoms with Crippen LogP contribution in [0.4, 0.5) is 17.5 Å². The van der Waals surface area contributed by atoms with Crippen molar-refractivity contribution in [2.45, 2.75) is 20.8 Å². The van der Waals surface area contributed by atoms with Crippen molar-refractivity contribution in [3.63, 3.8) is 0 Å². The molecule has 4 rings (SSSR count). The van der Waals surface area contributed by atoms with Crippen LogP contribution in [0.15, 0.2) is 54.6 Å². The summed E-state index contributed by atoms with van der Waals surface area (Å²) in [5.41, 5.74) is 5.58. The van der Waals surface area contributed by atoms with Gasteiger partial charge in [0.2, 0.25) is 5.95 Å². The van der Waals surface area contributed by atoms with E-state index in [9.17, 15) is 0 Å². The molecule has 1 saturated heterocycles. The van der Waals surface area contributed by atoms with Crippen molar-refractivity contribution in [3.05, 3.63) is 65.7 Å². The van der Waals surface area contributed by atoms with E-state index in [1.807, 2.05) is 24.3 Å². The van der Waals surface area contributed by atoms with E-state index in [1.165, 1.54) is 11.1 Å². The zero-order valence-corrected chi connectivity index (χ0v) is 17.5. The number of likely N-dealkylation sites (N-methyl/N-ethyl adjacent to an activating group) is 1. The molecule has 29 heavy (non-hydrogen) atoms. The summed E-state index contributed by atoms with van der Waals surface area (Å²) < 4.78 is 0. The molecule has 1 aliphatic heterocycles. The second kappa shape index (κ2) is 8.62. The minimum Gasteiger partial charge on any atom is -0.340 e. The molecule has 1 fully saturated rings. The van der Waals surface area contributed by atoms with Gasteiger partial charge in [0.25, 0.3) is 0 Å². The monoisotopic (exact) mass is 387 g/mol. The van der Waals surface area contributed by atoms with Crippen LogP contribution in [0.25, 0.3) is 11.3 Å². The molecule has 1 N–H and O–H groups in total. The quantitative estimate of drug-likeness (QED) is 0.691. The Bertz CT molecular complexity index is 942. The first-order chi connectivity index (χ1) is 14.1. The molecule has 2 heterocycles. The molecule has 0 amide bonds. The van der Waals surface area contributed by atoms with Crippen LogP contribution < -0.4 is 10.2 Å². The Morgan fingerprint density at radius 2 is 1.55 bits per heavy atom. The van der Waals surface area contributed by atoms with E-state index in [2.05, 4.69) is 66.2 Å². The number of piperazine rings is 1. The normalized spacial score (nSPS) is 14.8. The maximum Gasteiger partial charge on any atom is 0.227 e. The van der Waals surface area contributed by atoms with E-state index in [0.29, 0.717) is 0 Å². The predicted octanol–water partition coefficient (Wildman–Crippen LogP) is 4.65. The highest BCUT2D eigenvalue weighted by Gasteiger charge is 2.19. The van der Waals surface area contributed by atoms with E-state index in [1.54, 1.807) is 0 Å². The van der Waals surface area contributed by atoms with Crippen LogP contribution in [0.1, 0.15) is 18.1 Å². The molecule has 1 aromatic heterocycles. The van der Waals surface area contributed by atoms with Crippen molar-refractivity contribution in [1.29, 1.82) is 0 Å². The first-order valence-electron chi connectivity index (χ1n) is 10.4. The van der Waals surface area contributed by atoms with Crippen molar-refractivity contribution in [2.75, 3.05) is 42.9 Å². The van der Waals surface area contributed by atoms with Crippen molar-refractivity contribution >= 4 is 17.5 Å². The highest BCUT2D eigenvalue weighted by Crippen LogP contribution is 2.26. The number of anilines is 3. The molecule has 0 atom stereocenters. The van der Waals surface area contributed by atoms with E-state index in [0.717, 1.165) is 61.4 Å². The Kier molecular flexibility index (Phi) is 5.76. The number of rotatable bonds is 5. The van der Waals surface area contributed by atoms with Gasteiger partial charge in [0.1, 0.15) is 5.82 Å². The molecule has 0 bridgehead atoms. The molecule has 5 heteroatoms. The van der Waals surface area contributed by atoms with Gasteiger partial charge in [0, 0.05) is 43.5 Å². The number of aromatic nitrogens is 2. The van der Waals surface area contributed by atoms with Gasteiger partial charge in [0.05, 0.1) is 5.69 Å². The lowest BCUT2D eigenvalue weighted by Gasteiger charge is -2.34. The SMILES string of the molecule is CCN1CCN(c2nc(Nc3cc(C)cc(C)c3)cc(-c3ccccc3)n2)CC1. The average Bonchev–Trinajstić information content (AvgIpc) is 2.73. The number of nitrogens with zero attached hydrogens (tertiary/aromatic N) is 4. The third-order valence-corrected chi connectivity index (χ3v) is 5.38. The predicted molar refractivity (Wildman–Crippen MR) is 121 cm³/mol. The summed E-state index contributed by atoms with van der Waals surface area (Å²) in [6, 6.07) is 18.8. The minimum absolute atomic E-state index is 0.800. The Morgan fingerprint density at radius 3 is 2.21 bits per heavy atom. The highest BCUT2D eigenvalue weighted by atomic mass is 15.3. The van der Waals surface area contributed by atoms with Gasteiger partial charge in [-0.1, -0.05) is 43.3 Å². The highest BCUT2D eigenvalue weighted by molar-refractivity contribution is 5.68. The average molecular weight is 388 g/mol. The van der Waals surface area contributed by atoms with E-state index >= 15 is 0 Å². The molecule has 1 aliphatic rings. The molecular weight excluding hydrogens is 358 g/mol. The maximum absolute atomic E-state index is 4.91. The van der Waals surface area contributed by atoms with Gasteiger partial charge in [0.15, 0.2) is 0 Å². The van der Waals surface area contributed by atoms with Crippen molar-refractivity contribution in [3.8, 4) is 11.3 Å². The number of benzene rings is 2. The lowest BCUT2D eigenvalue weighted by Crippen LogP contribution is -2.46. The fourth-order valence-electron chi connectivity index (χ4n) is 3.86. The third kappa shape index (κ3) is 4.74. The topological polar surface area (TPSA) is 44.3 Å². The first-order valence-corrected chi connectivity index (χ1v) is 10.4. The molecular formula is C24H29N5. The van der Waals surface area contributed by atoms with Gasteiger partial charge in [-0.05, 0) is 43.7 Å². The van der Waals surface area contributed by atoms with Crippen LogP contribution >= 0.6 is 0 Å². The first kappa shape index (κ1) is 19.4. The van der Waals surface area contributed by atoms with Crippen LogP contribution in [0, 0.1) is 13.8 Å². The smallest absolute Gasteiger partial charge is 0.227 e. The number of aryl methyl sites for hydroxylation is 2. The van der Waals surface area contributed by atoms with Gasteiger partial charge in [-0.2, -0.15) is 4.98 Å². The van der Waals surface area contributed by atoms with E-state index < -0.39 is 0 Å². The second-order valence-electron chi connectivity index (χ2n) is 7.73. The minimum atomic E-state index is 0.800. The third-order valence-electron chi connectivity index (χ3n) is 5.38. The number of nitrogens with one attached hydrogen (secondary N) is 1. The Labute approximate surface area is 173 Å². The Balaban J connectivity index is 1.68. The molecule has 3 aromatic rings. The van der Waals surface area contributed by atoms with E-state index in [4.69, 9.17) is 9.97 Å². The van der Waals surface area contributed by atoms with Crippen LogP contribution in [-0.2, 0) is 0 Å². The van der Waals surface area contributed by atoms with Crippen LogP contribution in [0.2, 0.25) is 0 Å². The molecule has 0 radical (unpaired) electrons. The summed E-state index contributed by atoms with van der Waals surface area (Å²) in [5, 5.41) is 3.51. The lowest BCUT2D eigenvalue weighted by molar-refractivity contribution is 0.270. The Morgan fingerprint density at radius 1 is 0.862 bits per heavy atom. The van der Waals surface area contributed by atoms with Gasteiger partial charge < -0.3 is 15.1 Å². The van der Waals surface area contributed by atoms with Gasteiger partial charge in [-0.15, -0.1) is 0 Å². The van der Waals surface area contributed by atoms with Crippen LogP contribution in [0.5, 0.6) is 0 Å². The standard InChI is InChI=1S/C24H29N5/c1-4-28-10-12-29(13-11-28)24-26-22(20-8-6-5-7-9-20)17-23(27-24)25-21-15-18(2)14-19(3)16-21/h5-9,14-17H,4,10-13H2,1-3H3,(H,25,26,27). The fourth-order valence-corrected chi connectivity index (χ4v) is 3.86. The fraction of sp³-hybridized carbons (Fsp3) is 0.333. The molecule has 2 aromatic carbocycles. The zero-order chi connectivity index (χ0) is 20.2. The molecule has 0 unspecified atom stereocenters. The van der Waals surface area contributed by atoms with E-state index in [-0.39, 0.29) is 0 Å². The Hall–Kier alpha value is -2.92. The van der Waals surface area contributed by atoms with Crippen molar-refractivity contribution in [1.82, 2.24) is 14.9 Å². The molecule has 5 nitrogen and oxygen atoms in total. The van der Waals surface area contributed by atoms with Gasteiger partial charge >= 0.3 is 0 Å². The van der Waals surface area contributed by atoms with Crippen molar-refractivity contribution < 1.29 is 0 Å². The van der Waals surface area contributed by atoms with Crippen LogP contribution in [0.3, 0.4) is 0 Å². The summed E-state index contributed by atoms with van der Waals surface area (Å²) in [7, 11) is 0. The molecule has 0 saturated carbocycles. The summed E-state index contributed by atoms with van der Waals surface area (Å²) in [4.78, 5) is 14.5. The van der Waals surface area contributed by atoms with Crippen LogP contribution in [-0.4, -0.2) is 47.6 Å². The zero-order valence-electron chi connectivity index (χ0n) is 17.5. The van der Waals surface area contributed by atoms with Crippen molar-refractivity contribution in [2.24, 2.45) is 0 Å². The summed E-state index contributed by atoms with van der Waals surface area (Å²) in [5.74, 6) is 1.63. The summed E-state index contributed by atoms with van der Waals surface area (Å²) >= 11 is 0. The molecule has 150 valence electrons. The lowest BCUT2D eigenvalue weighted by atomic mass is 10.1. The number of hydrogen-bond donors (Lipinski definition) is 1. The van der Waals surface area contributed by atoms with Gasteiger partial charge in [-0.3, -0.25) is 0 Å². The second-order valence-corrected chi connectivity index (χ2v) is 7.73. The summed E-state index contributed by atoms with van der Waals surface area (Å²) in [6.07, 6.45) is 0. The maximum atomic E-state index is 4.91. The largest absolute Gasteiger partial charge is 0.340 e. The molecule has 0 aliphatic carbocycles. The van der Waals surface area contributed by atoms with Gasteiger partial charge in [-0.25, -0.2) is 4.98 Å². The molecule has 0 spiro atoms. The number of hydrogen-bond acceptors (Lipinski definition) is 5. The summed E-state index contributed by atoms with van der Waals surface area (Å²) in [6.45, 7) is 11.6.